The number of aryl methyl sites for hydroxylation is 1. The van der Waals surface area contributed by atoms with E-state index < -0.39 is 23.6 Å². The van der Waals surface area contributed by atoms with Gasteiger partial charge in [0.1, 0.15) is 5.82 Å². The standard InChI is InChI=1S/C13H12F4N2S/c1-7-6-20-12(19-7)5-11(18)9-4-8(13(15,16)17)2-3-10(9)14/h2-4,6,11H,5,18H2,1H3. The molecule has 108 valence electrons. The second kappa shape index (κ2) is 5.49. The van der Waals surface area contributed by atoms with Crippen molar-refractivity contribution in [1.82, 2.24) is 4.98 Å². The number of nitrogens with zero attached hydrogens (tertiary/aromatic N) is 1. The van der Waals surface area contributed by atoms with Crippen LogP contribution >= 0.6 is 11.3 Å². The molecule has 0 saturated carbocycles. The van der Waals surface area contributed by atoms with Crippen molar-refractivity contribution < 1.29 is 17.6 Å². The Bertz CT molecular complexity index is 607. The number of hydrogen-bond acceptors (Lipinski definition) is 3. The molecule has 0 amide bonds. The minimum atomic E-state index is -4.51. The van der Waals surface area contributed by atoms with Gasteiger partial charge in [0.25, 0.3) is 0 Å². The summed E-state index contributed by atoms with van der Waals surface area (Å²) in [4.78, 5) is 4.17. The van der Waals surface area contributed by atoms with E-state index in [2.05, 4.69) is 4.98 Å². The zero-order chi connectivity index (χ0) is 14.9. The molecule has 0 fully saturated rings. The summed E-state index contributed by atoms with van der Waals surface area (Å²) in [5.74, 6) is -0.737. The van der Waals surface area contributed by atoms with Crippen molar-refractivity contribution in [2.45, 2.75) is 25.6 Å². The number of alkyl halides is 3. The molecule has 2 rings (SSSR count). The summed E-state index contributed by atoms with van der Waals surface area (Å²) < 4.78 is 51.5. The monoisotopic (exact) mass is 304 g/mol. The lowest BCUT2D eigenvalue weighted by Crippen LogP contribution is -2.16. The fourth-order valence-electron chi connectivity index (χ4n) is 1.80. The molecule has 20 heavy (non-hydrogen) atoms. The van der Waals surface area contributed by atoms with E-state index in [4.69, 9.17) is 5.73 Å². The summed E-state index contributed by atoms with van der Waals surface area (Å²) in [5.41, 5.74) is 5.57. The molecule has 1 aromatic heterocycles. The third-order valence-corrected chi connectivity index (χ3v) is 3.77. The van der Waals surface area contributed by atoms with Crippen LogP contribution in [0.25, 0.3) is 0 Å². The molecule has 2 nitrogen and oxygen atoms in total. The number of halogens is 4. The second-order valence-corrected chi connectivity index (χ2v) is 5.37. The summed E-state index contributed by atoms with van der Waals surface area (Å²) in [6, 6.07) is 1.41. The van der Waals surface area contributed by atoms with Gasteiger partial charge in [-0.3, -0.25) is 0 Å². The van der Waals surface area contributed by atoms with Gasteiger partial charge in [-0.25, -0.2) is 9.37 Å². The minimum absolute atomic E-state index is 0.146. The van der Waals surface area contributed by atoms with E-state index in [9.17, 15) is 17.6 Å². The molecule has 0 aliphatic heterocycles. The first kappa shape index (κ1) is 14.9. The van der Waals surface area contributed by atoms with E-state index in [1.165, 1.54) is 11.3 Å². The molecule has 0 spiro atoms. The highest BCUT2D eigenvalue weighted by molar-refractivity contribution is 7.09. The number of nitrogens with two attached hydrogens (primary N) is 1. The number of benzene rings is 1. The van der Waals surface area contributed by atoms with Gasteiger partial charge in [0.05, 0.1) is 10.6 Å². The van der Waals surface area contributed by atoms with Gasteiger partial charge < -0.3 is 5.73 Å². The summed E-state index contributed by atoms with van der Waals surface area (Å²) >= 11 is 1.35. The number of thiazole rings is 1. The first-order chi connectivity index (χ1) is 9.27. The Balaban J connectivity index is 2.27. The highest BCUT2D eigenvalue weighted by Crippen LogP contribution is 2.32. The van der Waals surface area contributed by atoms with Crippen molar-refractivity contribution in [3.63, 3.8) is 0 Å². The zero-order valence-corrected chi connectivity index (χ0v) is 11.4. The van der Waals surface area contributed by atoms with Crippen LogP contribution in [0.4, 0.5) is 17.6 Å². The predicted octanol–water partition coefficient (Wildman–Crippen LogP) is 3.85. The summed E-state index contributed by atoms with van der Waals surface area (Å²) in [5, 5.41) is 2.48. The van der Waals surface area contributed by atoms with Crippen LogP contribution in [-0.4, -0.2) is 4.98 Å². The third kappa shape index (κ3) is 3.34. The quantitative estimate of drug-likeness (QED) is 0.875. The first-order valence-corrected chi connectivity index (χ1v) is 6.68. The molecular formula is C13H12F4N2S. The highest BCUT2D eigenvalue weighted by atomic mass is 32.1. The van der Waals surface area contributed by atoms with Crippen molar-refractivity contribution in [1.29, 1.82) is 0 Å². The Morgan fingerprint density at radius 3 is 2.60 bits per heavy atom. The smallest absolute Gasteiger partial charge is 0.324 e. The molecule has 0 aliphatic rings. The average molecular weight is 304 g/mol. The van der Waals surface area contributed by atoms with E-state index in [0.29, 0.717) is 11.1 Å². The largest absolute Gasteiger partial charge is 0.416 e. The summed E-state index contributed by atoms with van der Waals surface area (Å²) in [7, 11) is 0. The van der Waals surface area contributed by atoms with Crippen LogP contribution in [0.15, 0.2) is 23.6 Å². The molecule has 2 aromatic rings. The second-order valence-electron chi connectivity index (χ2n) is 4.43. The van der Waals surface area contributed by atoms with Gasteiger partial charge in [0.15, 0.2) is 0 Å². The number of aromatic nitrogens is 1. The fourth-order valence-corrected chi connectivity index (χ4v) is 2.63. The molecule has 2 N–H and O–H groups in total. The third-order valence-electron chi connectivity index (χ3n) is 2.78. The van der Waals surface area contributed by atoms with Crippen molar-refractivity contribution in [2.24, 2.45) is 5.73 Å². The van der Waals surface area contributed by atoms with Gasteiger partial charge in [-0.05, 0) is 25.1 Å². The molecule has 0 saturated heterocycles. The van der Waals surface area contributed by atoms with Gasteiger partial charge in [0.2, 0.25) is 0 Å². The molecule has 1 aromatic carbocycles. The van der Waals surface area contributed by atoms with Crippen LogP contribution in [0, 0.1) is 12.7 Å². The van der Waals surface area contributed by atoms with Gasteiger partial charge >= 0.3 is 6.18 Å². The lowest BCUT2D eigenvalue weighted by Gasteiger charge is -2.14. The minimum Gasteiger partial charge on any atom is -0.324 e. The summed E-state index contributed by atoms with van der Waals surface area (Å²) in [6.07, 6.45) is -4.31. The maximum atomic E-state index is 13.7. The van der Waals surface area contributed by atoms with Gasteiger partial charge in [-0.2, -0.15) is 13.2 Å². The molecule has 0 aliphatic carbocycles. The lowest BCUT2D eigenvalue weighted by atomic mass is 10.0. The number of rotatable bonds is 3. The van der Waals surface area contributed by atoms with Gasteiger partial charge in [0, 0.05) is 29.1 Å². The van der Waals surface area contributed by atoms with Crippen molar-refractivity contribution in [3.8, 4) is 0 Å². The van der Waals surface area contributed by atoms with Gasteiger partial charge in [-0.15, -0.1) is 11.3 Å². The Labute approximate surface area is 117 Å². The Kier molecular flexibility index (Phi) is 4.10. The van der Waals surface area contributed by atoms with Crippen molar-refractivity contribution in [2.75, 3.05) is 0 Å². The maximum absolute atomic E-state index is 13.7. The fraction of sp³-hybridized carbons (Fsp3) is 0.308. The Morgan fingerprint density at radius 2 is 2.05 bits per heavy atom. The molecule has 1 atom stereocenters. The average Bonchev–Trinajstić information content (AvgIpc) is 2.73. The topological polar surface area (TPSA) is 38.9 Å². The molecule has 1 unspecified atom stereocenters. The molecule has 0 radical (unpaired) electrons. The van der Waals surface area contributed by atoms with Crippen LogP contribution in [0.1, 0.15) is 27.9 Å². The predicted molar refractivity (Wildman–Crippen MR) is 68.9 cm³/mol. The SMILES string of the molecule is Cc1csc(CC(N)c2cc(C(F)(F)F)ccc2F)n1. The van der Waals surface area contributed by atoms with Gasteiger partial charge in [-0.1, -0.05) is 0 Å². The van der Waals surface area contributed by atoms with E-state index in [0.717, 1.165) is 17.8 Å². The zero-order valence-electron chi connectivity index (χ0n) is 10.5. The van der Waals surface area contributed by atoms with E-state index in [1.54, 1.807) is 6.92 Å². The van der Waals surface area contributed by atoms with E-state index in [1.807, 2.05) is 5.38 Å². The van der Waals surface area contributed by atoms with Crippen LogP contribution in [0.2, 0.25) is 0 Å². The van der Waals surface area contributed by atoms with Crippen LogP contribution in [0.3, 0.4) is 0 Å². The van der Waals surface area contributed by atoms with Crippen molar-refractivity contribution >= 4 is 11.3 Å². The normalized spacial score (nSPS) is 13.5. The Morgan fingerprint density at radius 1 is 1.35 bits per heavy atom. The van der Waals surface area contributed by atoms with Crippen LogP contribution in [-0.2, 0) is 12.6 Å². The Hall–Kier alpha value is -1.47. The van der Waals surface area contributed by atoms with Crippen molar-refractivity contribution in [3.05, 3.63) is 51.2 Å². The molecular weight excluding hydrogens is 292 g/mol. The molecule has 0 bridgehead atoms. The van der Waals surface area contributed by atoms with E-state index >= 15 is 0 Å². The maximum Gasteiger partial charge on any atom is 0.416 e. The first-order valence-electron chi connectivity index (χ1n) is 5.80. The highest BCUT2D eigenvalue weighted by Gasteiger charge is 2.31. The van der Waals surface area contributed by atoms with E-state index in [-0.39, 0.29) is 12.0 Å². The van der Waals surface area contributed by atoms with Crippen LogP contribution in [0.5, 0.6) is 0 Å². The summed E-state index contributed by atoms with van der Waals surface area (Å²) in [6.45, 7) is 1.80. The molecule has 1 heterocycles. The molecule has 7 heteroatoms. The van der Waals surface area contributed by atoms with Crippen LogP contribution < -0.4 is 5.73 Å². The number of hydrogen-bond donors (Lipinski definition) is 1. The lowest BCUT2D eigenvalue weighted by molar-refractivity contribution is -0.137.